The molecule has 0 aliphatic carbocycles. The van der Waals surface area contributed by atoms with Gasteiger partial charge in [0.2, 0.25) is 0 Å². The van der Waals surface area contributed by atoms with Crippen molar-refractivity contribution in [3.8, 4) is 5.75 Å². The second-order valence-electron chi connectivity index (χ2n) is 4.43. The number of hydrogen-bond donors (Lipinski definition) is 2. The van der Waals surface area contributed by atoms with Gasteiger partial charge in [0.15, 0.2) is 6.10 Å². The molecular formula is C16H15BrN2O3. The van der Waals surface area contributed by atoms with Gasteiger partial charge in [-0.3, -0.25) is 4.79 Å². The van der Waals surface area contributed by atoms with Gasteiger partial charge in [0, 0.05) is 10.0 Å². The Labute approximate surface area is 136 Å². The maximum atomic E-state index is 11.8. The highest BCUT2D eigenvalue weighted by Gasteiger charge is 2.16. The van der Waals surface area contributed by atoms with Crippen molar-refractivity contribution in [3.63, 3.8) is 0 Å². The summed E-state index contributed by atoms with van der Waals surface area (Å²) in [5.41, 5.74) is 3.52. The summed E-state index contributed by atoms with van der Waals surface area (Å²) < 4.78 is 6.07. The van der Waals surface area contributed by atoms with Crippen molar-refractivity contribution in [1.29, 1.82) is 0 Å². The highest BCUT2D eigenvalue weighted by Crippen LogP contribution is 2.21. The summed E-state index contributed by atoms with van der Waals surface area (Å²) in [4.78, 5) is 11.8. The Kier molecular flexibility index (Phi) is 5.68. The summed E-state index contributed by atoms with van der Waals surface area (Å²) in [6, 6.07) is 14.1. The van der Waals surface area contributed by atoms with E-state index < -0.39 is 12.0 Å². The van der Waals surface area contributed by atoms with Crippen LogP contribution < -0.4 is 10.2 Å². The fourth-order valence-electron chi connectivity index (χ4n) is 1.82. The molecule has 0 saturated heterocycles. The Bertz CT molecular complexity index is 674. The van der Waals surface area contributed by atoms with Crippen LogP contribution in [0.1, 0.15) is 17.2 Å². The summed E-state index contributed by atoms with van der Waals surface area (Å²) in [5.74, 6) is 0.0289. The lowest BCUT2D eigenvalue weighted by atomic mass is 10.1. The van der Waals surface area contributed by atoms with Crippen LogP contribution in [-0.2, 0) is 4.79 Å². The van der Waals surface area contributed by atoms with E-state index in [2.05, 4.69) is 26.5 Å². The van der Waals surface area contributed by atoms with Gasteiger partial charge < -0.3 is 9.84 Å². The molecule has 2 aromatic rings. The number of rotatable bonds is 5. The zero-order chi connectivity index (χ0) is 15.9. The molecule has 0 bridgehead atoms. The monoisotopic (exact) mass is 362 g/mol. The van der Waals surface area contributed by atoms with Crippen LogP contribution in [-0.4, -0.2) is 24.3 Å². The van der Waals surface area contributed by atoms with E-state index in [1.807, 2.05) is 18.2 Å². The molecule has 6 heteroatoms. The number of carbonyl (C=O) groups is 1. The number of methoxy groups -OCH3 is 1. The average molecular weight is 363 g/mol. The van der Waals surface area contributed by atoms with E-state index in [1.165, 1.54) is 6.21 Å². The lowest BCUT2D eigenvalue weighted by Gasteiger charge is -2.09. The number of hydrazone groups is 1. The number of halogens is 1. The summed E-state index contributed by atoms with van der Waals surface area (Å²) >= 11 is 3.36. The molecule has 0 saturated carbocycles. The standard InChI is InChI=1S/C16H15BrN2O3/c1-22-14-8-7-13(17)9-12(14)10-18-19-16(21)15(20)11-5-3-2-4-6-11/h2-10,15,20H,1H3,(H,19,21). The summed E-state index contributed by atoms with van der Waals surface area (Å²) in [6.07, 6.45) is 0.196. The first-order valence-electron chi connectivity index (χ1n) is 6.51. The molecule has 0 radical (unpaired) electrons. The molecule has 0 heterocycles. The second kappa shape index (κ2) is 7.72. The van der Waals surface area contributed by atoms with Gasteiger partial charge >= 0.3 is 0 Å². The molecule has 1 atom stereocenters. The van der Waals surface area contributed by atoms with E-state index in [-0.39, 0.29) is 0 Å². The molecule has 2 aromatic carbocycles. The molecule has 0 spiro atoms. The number of nitrogens with one attached hydrogen (secondary N) is 1. The molecule has 1 amide bonds. The third-order valence-corrected chi connectivity index (χ3v) is 3.43. The van der Waals surface area contributed by atoms with Gasteiger partial charge in [-0.25, -0.2) is 5.43 Å². The van der Waals surface area contributed by atoms with Gasteiger partial charge in [0.1, 0.15) is 5.75 Å². The molecular weight excluding hydrogens is 348 g/mol. The number of amides is 1. The van der Waals surface area contributed by atoms with Gasteiger partial charge in [0.05, 0.1) is 13.3 Å². The third-order valence-electron chi connectivity index (χ3n) is 2.93. The van der Waals surface area contributed by atoms with Crippen LogP contribution in [0.5, 0.6) is 5.75 Å². The number of hydrogen-bond acceptors (Lipinski definition) is 4. The van der Waals surface area contributed by atoms with Crippen LogP contribution in [0.3, 0.4) is 0 Å². The summed E-state index contributed by atoms with van der Waals surface area (Å²) in [7, 11) is 1.55. The van der Waals surface area contributed by atoms with Gasteiger partial charge in [-0.15, -0.1) is 0 Å². The van der Waals surface area contributed by atoms with Crippen molar-refractivity contribution in [2.75, 3.05) is 7.11 Å². The van der Waals surface area contributed by atoms with Crippen molar-refractivity contribution in [2.45, 2.75) is 6.10 Å². The first-order chi connectivity index (χ1) is 10.6. The van der Waals surface area contributed by atoms with Crippen LogP contribution >= 0.6 is 15.9 Å². The summed E-state index contributed by atoms with van der Waals surface area (Å²) in [6.45, 7) is 0. The topological polar surface area (TPSA) is 70.9 Å². The quantitative estimate of drug-likeness (QED) is 0.634. The number of nitrogens with zero attached hydrogens (tertiary/aromatic N) is 1. The Balaban J connectivity index is 2.03. The smallest absolute Gasteiger partial charge is 0.273 e. The minimum Gasteiger partial charge on any atom is -0.496 e. The number of ether oxygens (including phenoxy) is 1. The number of aliphatic hydroxyl groups is 1. The van der Waals surface area contributed by atoms with Crippen molar-refractivity contribution >= 4 is 28.1 Å². The molecule has 0 aliphatic rings. The fraction of sp³-hybridized carbons (Fsp3) is 0.125. The van der Waals surface area contributed by atoms with Crippen molar-refractivity contribution in [1.82, 2.24) is 5.43 Å². The predicted molar refractivity (Wildman–Crippen MR) is 87.8 cm³/mol. The largest absolute Gasteiger partial charge is 0.496 e. The van der Waals surface area contributed by atoms with Gasteiger partial charge in [-0.1, -0.05) is 46.3 Å². The van der Waals surface area contributed by atoms with Crippen LogP contribution in [0, 0.1) is 0 Å². The lowest BCUT2D eigenvalue weighted by Crippen LogP contribution is -2.25. The normalized spacial score (nSPS) is 12.1. The van der Waals surface area contributed by atoms with Crippen molar-refractivity contribution in [2.24, 2.45) is 5.10 Å². The molecule has 114 valence electrons. The molecule has 1 unspecified atom stereocenters. The SMILES string of the molecule is COc1ccc(Br)cc1C=NNC(=O)C(O)c1ccccc1. The second-order valence-corrected chi connectivity index (χ2v) is 5.35. The molecule has 0 aromatic heterocycles. The molecule has 0 aliphatic heterocycles. The highest BCUT2D eigenvalue weighted by atomic mass is 79.9. The Hall–Kier alpha value is -2.18. The number of carbonyl (C=O) groups excluding carboxylic acids is 1. The first kappa shape index (κ1) is 16.2. The Morgan fingerprint density at radius 2 is 2.05 bits per heavy atom. The van der Waals surface area contributed by atoms with E-state index in [0.29, 0.717) is 16.9 Å². The van der Waals surface area contributed by atoms with E-state index >= 15 is 0 Å². The van der Waals surface area contributed by atoms with Crippen LogP contribution in [0.4, 0.5) is 0 Å². The minimum atomic E-state index is -1.26. The van der Waals surface area contributed by atoms with Crippen LogP contribution in [0.25, 0.3) is 0 Å². The van der Waals surface area contributed by atoms with Gasteiger partial charge in [-0.05, 0) is 23.8 Å². The van der Waals surface area contributed by atoms with E-state index in [9.17, 15) is 9.90 Å². The first-order valence-corrected chi connectivity index (χ1v) is 7.30. The van der Waals surface area contributed by atoms with Crippen molar-refractivity contribution in [3.05, 3.63) is 64.1 Å². The highest BCUT2D eigenvalue weighted by molar-refractivity contribution is 9.10. The van der Waals surface area contributed by atoms with Crippen molar-refractivity contribution < 1.29 is 14.6 Å². The summed E-state index contributed by atoms with van der Waals surface area (Å²) in [5, 5.41) is 13.8. The lowest BCUT2D eigenvalue weighted by molar-refractivity contribution is -0.129. The Morgan fingerprint density at radius 3 is 2.73 bits per heavy atom. The Morgan fingerprint density at radius 1 is 1.32 bits per heavy atom. The maximum absolute atomic E-state index is 11.8. The minimum absolute atomic E-state index is 0.509. The maximum Gasteiger partial charge on any atom is 0.273 e. The molecule has 5 nitrogen and oxygen atoms in total. The van der Waals surface area contributed by atoms with E-state index in [0.717, 1.165) is 4.47 Å². The molecule has 0 fully saturated rings. The van der Waals surface area contributed by atoms with Crippen LogP contribution in [0.15, 0.2) is 58.1 Å². The fourth-order valence-corrected chi connectivity index (χ4v) is 2.20. The zero-order valence-electron chi connectivity index (χ0n) is 11.9. The number of aliphatic hydroxyl groups excluding tert-OH is 1. The van der Waals surface area contributed by atoms with Gasteiger partial charge in [-0.2, -0.15) is 5.10 Å². The molecule has 22 heavy (non-hydrogen) atoms. The zero-order valence-corrected chi connectivity index (χ0v) is 13.4. The van der Waals surface area contributed by atoms with E-state index in [4.69, 9.17) is 4.74 Å². The molecule has 2 rings (SSSR count). The molecule has 2 N–H and O–H groups in total. The number of benzene rings is 2. The van der Waals surface area contributed by atoms with Crippen LogP contribution in [0.2, 0.25) is 0 Å². The van der Waals surface area contributed by atoms with E-state index in [1.54, 1.807) is 37.4 Å². The predicted octanol–water partition coefficient (Wildman–Crippen LogP) is 2.64. The van der Waals surface area contributed by atoms with Gasteiger partial charge in [0.25, 0.3) is 5.91 Å². The average Bonchev–Trinajstić information content (AvgIpc) is 2.55. The third kappa shape index (κ3) is 4.16.